The zero-order chi connectivity index (χ0) is 12.3. The SMILES string of the molecule is CCS(=O)(=O)c1ccccc1-c1ccccc1. The lowest BCUT2D eigenvalue weighted by atomic mass is 10.1. The van der Waals surface area contributed by atoms with Gasteiger partial charge in [-0.25, -0.2) is 8.42 Å². The van der Waals surface area contributed by atoms with Crippen LogP contribution in [0.4, 0.5) is 0 Å². The van der Waals surface area contributed by atoms with Crippen LogP contribution in [0.15, 0.2) is 59.5 Å². The van der Waals surface area contributed by atoms with Crippen molar-refractivity contribution in [2.45, 2.75) is 11.8 Å². The van der Waals surface area contributed by atoms with Crippen LogP contribution in [-0.2, 0) is 9.84 Å². The van der Waals surface area contributed by atoms with Gasteiger partial charge in [0.25, 0.3) is 0 Å². The molecule has 2 aromatic carbocycles. The molecule has 17 heavy (non-hydrogen) atoms. The van der Waals surface area contributed by atoms with Crippen LogP contribution in [0.5, 0.6) is 0 Å². The van der Waals surface area contributed by atoms with Gasteiger partial charge in [-0.3, -0.25) is 0 Å². The molecular formula is C14H14O2S. The van der Waals surface area contributed by atoms with E-state index >= 15 is 0 Å². The summed E-state index contributed by atoms with van der Waals surface area (Å²) in [6, 6.07) is 16.7. The molecule has 0 amide bonds. The van der Waals surface area contributed by atoms with Crippen LogP contribution in [0.25, 0.3) is 11.1 Å². The first kappa shape index (κ1) is 11.9. The first-order valence-corrected chi connectivity index (χ1v) is 7.17. The van der Waals surface area contributed by atoms with Crippen molar-refractivity contribution >= 4 is 9.84 Å². The highest BCUT2D eigenvalue weighted by Gasteiger charge is 2.16. The fourth-order valence-corrected chi connectivity index (χ4v) is 2.87. The summed E-state index contributed by atoms with van der Waals surface area (Å²) < 4.78 is 24.0. The normalized spacial score (nSPS) is 11.4. The Morgan fingerprint density at radius 3 is 2.12 bits per heavy atom. The van der Waals surface area contributed by atoms with Gasteiger partial charge >= 0.3 is 0 Å². The van der Waals surface area contributed by atoms with Gasteiger partial charge in [-0.2, -0.15) is 0 Å². The number of benzene rings is 2. The summed E-state index contributed by atoms with van der Waals surface area (Å²) in [5.41, 5.74) is 1.70. The summed E-state index contributed by atoms with van der Waals surface area (Å²) >= 11 is 0. The van der Waals surface area contributed by atoms with Crippen molar-refractivity contribution in [1.29, 1.82) is 0 Å². The van der Waals surface area contributed by atoms with Crippen molar-refractivity contribution in [3.63, 3.8) is 0 Å². The molecule has 2 aromatic rings. The zero-order valence-corrected chi connectivity index (χ0v) is 10.4. The second-order valence-corrected chi connectivity index (χ2v) is 6.01. The summed E-state index contributed by atoms with van der Waals surface area (Å²) in [5, 5.41) is 0. The molecule has 0 unspecified atom stereocenters. The van der Waals surface area contributed by atoms with E-state index in [0.29, 0.717) is 4.90 Å². The molecule has 0 fully saturated rings. The minimum Gasteiger partial charge on any atom is -0.224 e. The molecule has 0 heterocycles. The summed E-state index contributed by atoms with van der Waals surface area (Å²) in [6.07, 6.45) is 0. The molecule has 0 aromatic heterocycles. The number of sulfone groups is 1. The molecule has 0 atom stereocenters. The fraction of sp³-hybridized carbons (Fsp3) is 0.143. The minimum absolute atomic E-state index is 0.122. The average molecular weight is 246 g/mol. The van der Waals surface area contributed by atoms with E-state index in [1.165, 1.54) is 0 Å². The Bertz CT molecular complexity index is 601. The summed E-state index contributed by atoms with van der Waals surface area (Å²) in [5.74, 6) is 0.122. The molecule has 0 radical (unpaired) electrons. The minimum atomic E-state index is -3.18. The summed E-state index contributed by atoms with van der Waals surface area (Å²) in [4.78, 5) is 0.411. The molecule has 2 nitrogen and oxygen atoms in total. The van der Waals surface area contributed by atoms with Crippen molar-refractivity contribution in [2.24, 2.45) is 0 Å². The lowest BCUT2D eigenvalue weighted by molar-refractivity contribution is 0.597. The molecule has 0 aliphatic rings. The van der Waals surface area contributed by atoms with Gasteiger partial charge < -0.3 is 0 Å². The van der Waals surface area contributed by atoms with Crippen LogP contribution in [0.2, 0.25) is 0 Å². The van der Waals surface area contributed by atoms with Crippen LogP contribution < -0.4 is 0 Å². The molecule has 2 rings (SSSR count). The van der Waals surface area contributed by atoms with Gasteiger partial charge in [0.1, 0.15) is 0 Å². The Hall–Kier alpha value is -1.61. The molecular weight excluding hydrogens is 232 g/mol. The van der Waals surface area contributed by atoms with Crippen LogP contribution in [0.3, 0.4) is 0 Å². The van der Waals surface area contributed by atoms with E-state index in [9.17, 15) is 8.42 Å². The maximum absolute atomic E-state index is 12.0. The molecule has 0 saturated carbocycles. The Labute approximate surface area is 102 Å². The van der Waals surface area contributed by atoms with E-state index in [0.717, 1.165) is 11.1 Å². The summed E-state index contributed by atoms with van der Waals surface area (Å²) in [7, 11) is -3.18. The molecule has 3 heteroatoms. The third kappa shape index (κ3) is 2.39. The zero-order valence-electron chi connectivity index (χ0n) is 9.63. The van der Waals surface area contributed by atoms with Gasteiger partial charge in [0, 0.05) is 5.56 Å². The van der Waals surface area contributed by atoms with Crippen LogP contribution in [-0.4, -0.2) is 14.2 Å². The maximum Gasteiger partial charge on any atom is 0.178 e. The van der Waals surface area contributed by atoms with Gasteiger partial charge in [-0.1, -0.05) is 55.5 Å². The third-order valence-electron chi connectivity index (χ3n) is 2.69. The molecule has 0 aliphatic carbocycles. The fourth-order valence-electron chi connectivity index (χ4n) is 1.75. The molecule has 88 valence electrons. The largest absolute Gasteiger partial charge is 0.224 e. The van der Waals surface area contributed by atoms with Crippen molar-refractivity contribution in [3.05, 3.63) is 54.6 Å². The van der Waals surface area contributed by atoms with Crippen LogP contribution in [0.1, 0.15) is 6.92 Å². The Morgan fingerprint density at radius 1 is 0.882 bits per heavy atom. The lowest BCUT2D eigenvalue weighted by Gasteiger charge is -2.09. The number of rotatable bonds is 3. The summed E-state index contributed by atoms with van der Waals surface area (Å²) in [6.45, 7) is 1.66. The highest BCUT2D eigenvalue weighted by Crippen LogP contribution is 2.27. The standard InChI is InChI=1S/C14H14O2S/c1-2-17(15,16)14-11-7-6-10-13(14)12-8-4-3-5-9-12/h3-11H,2H2,1H3. The number of hydrogen-bond donors (Lipinski definition) is 0. The quantitative estimate of drug-likeness (QED) is 0.833. The topological polar surface area (TPSA) is 34.1 Å². The van der Waals surface area contributed by atoms with Crippen LogP contribution in [0, 0.1) is 0 Å². The van der Waals surface area contributed by atoms with Gasteiger partial charge in [-0.15, -0.1) is 0 Å². The molecule has 0 spiro atoms. The highest BCUT2D eigenvalue weighted by molar-refractivity contribution is 7.91. The van der Waals surface area contributed by atoms with Crippen molar-refractivity contribution in [2.75, 3.05) is 5.75 Å². The number of hydrogen-bond acceptors (Lipinski definition) is 2. The molecule has 0 N–H and O–H groups in total. The second-order valence-electron chi connectivity index (χ2n) is 3.77. The van der Waals surface area contributed by atoms with Crippen LogP contribution >= 0.6 is 0 Å². The van der Waals surface area contributed by atoms with Crippen molar-refractivity contribution in [1.82, 2.24) is 0 Å². The van der Waals surface area contributed by atoms with Gasteiger partial charge in [-0.05, 0) is 11.6 Å². The van der Waals surface area contributed by atoms with E-state index in [-0.39, 0.29) is 5.75 Å². The van der Waals surface area contributed by atoms with E-state index in [1.807, 2.05) is 42.5 Å². The smallest absolute Gasteiger partial charge is 0.178 e. The van der Waals surface area contributed by atoms with E-state index in [4.69, 9.17) is 0 Å². The van der Waals surface area contributed by atoms with Gasteiger partial charge in [0.15, 0.2) is 9.84 Å². The maximum atomic E-state index is 12.0. The average Bonchev–Trinajstić information content (AvgIpc) is 2.40. The predicted molar refractivity (Wildman–Crippen MR) is 69.6 cm³/mol. The first-order valence-electron chi connectivity index (χ1n) is 5.52. The second kappa shape index (κ2) is 4.72. The van der Waals surface area contributed by atoms with E-state index in [1.54, 1.807) is 19.1 Å². The Balaban J connectivity index is 2.65. The van der Waals surface area contributed by atoms with E-state index < -0.39 is 9.84 Å². The highest BCUT2D eigenvalue weighted by atomic mass is 32.2. The lowest BCUT2D eigenvalue weighted by Crippen LogP contribution is -2.05. The predicted octanol–water partition coefficient (Wildman–Crippen LogP) is 3.15. The third-order valence-corrected chi connectivity index (χ3v) is 4.47. The Kier molecular flexibility index (Phi) is 3.29. The first-order chi connectivity index (χ1) is 8.15. The van der Waals surface area contributed by atoms with Crippen molar-refractivity contribution < 1.29 is 8.42 Å². The monoisotopic (exact) mass is 246 g/mol. The molecule has 0 saturated heterocycles. The molecule has 0 bridgehead atoms. The van der Waals surface area contributed by atoms with Gasteiger partial charge in [0.2, 0.25) is 0 Å². The van der Waals surface area contributed by atoms with Gasteiger partial charge in [0.05, 0.1) is 10.6 Å². The van der Waals surface area contributed by atoms with E-state index in [2.05, 4.69) is 0 Å². The Morgan fingerprint density at radius 2 is 1.47 bits per heavy atom. The molecule has 0 aliphatic heterocycles. The van der Waals surface area contributed by atoms with Crippen molar-refractivity contribution in [3.8, 4) is 11.1 Å².